The maximum absolute atomic E-state index is 13.6. The van der Waals surface area contributed by atoms with Crippen LogP contribution >= 0.6 is 11.8 Å². The molecule has 0 saturated carbocycles. The number of anilines is 1. The minimum Gasteiger partial charge on any atom is -0.396 e. The van der Waals surface area contributed by atoms with Crippen molar-refractivity contribution in [2.45, 2.75) is 18.1 Å². The van der Waals surface area contributed by atoms with Crippen molar-refractivity contribution in [2.24, 2.45) is 0 Å². The second-order valence-electron chi connectivity index (χ2n) is 4.20. The molecule has 1 aliphatic rings. The van der Waals surface area contributed by atoms with Gasteiger partial charge >= 0.3 is 0 Å². The molecule has 0 bridgehead atoms. The number of hydrogen-bond donors (Lipinski definition) is 2. The zero-order valence-electron chi connectivity index (χ0n) is 9.71. The summed E-state index contributed by atoms with van der Waals surface area (Å²) < 4.78 is 26.7. The Kier molecular flexibility index (Phi) is 4.06. The van der Waals surface area contributed by atoms with Gasteiger partial charge in [-0.3, -0.25) is 4.79 Å². The van der Waals surface area contributed by atoms with Crippen LogP contribution in [0.25, 0.3) is 0 Å². The van der Waals surface area contributed by atoms with Gasteiger partial charge in [0.1, 0.15) is 5.82 Å². The highest BCUT2D eigenvalue weighted by Crippen LogP contribution is 2.25. The van der Waals surface area contributed by atoms with Crippen molar-refractivity contribution in [1.82, 2.24) is 5.32 Å². The van der Waals surface area contributed by atoms with Crippen LogP contribution in [0.3, 0.4) is 0 Å². The Morgan fingerprint density at radius 1 is 1.50 bits per heavy atom. The van der Waals surface area contributed by atoms with Crippen LogP contribution in [0, 0.1) is 11.6 Å². The summed E-state index contributed by atoms with van der Waals surface area (Å²) in [5.41, 5.74) is 4.59. The average Bonchev–Trinajstić information content (AvgIpc) is 2.83. The second-order valence-corrected chi connectivity index (χ2v) is 5.61. The second kappa shape index (κ2) is 5.56. The summed E-state index contributed by atoms with van der Waals surface area (Å²) in [6.45, 7) is 0.472. The number of carbonyl (C=O) groups excluding carboxylic acids is 1. The van der Waals surface area contributed by atoms with E-state index in [9.17, 15) is 13.6 Å². The first-order chi connectivity index (χ1) is 8.58. The Labute approximate surface area is 108 Å². The molecule has 0 aromatic heterocycles. The standard InChI is InChI=1S/C12H14F2N2OS/c13-7-4-9(11(14)10(15)5-7)12(17)16-6-8-2-1-3-18-8/h4-5,8H,1-3,6,15H2,(H,16,17). The highest BCUT2D eigenvalue weighted by atomic mass is 32.2. The number of benzene rings is 1. The minimum absolute atomic E-state index is 0.338. The fraction of sp³-hybridized carbons (Fsp3) is 0.417. The number of hydrogen-bond acceptors (Lipinski definition) is 3. The van der Waals surface area contributed by atoms with Crippen molar-refractivity contribution in [3.63, 3.8) is 0 Å². The molecule has 1 aromatic carbocycles. The average molecular weight is 272 g/mol. The highest BCUT2D eigenvalue weighted by molar-refractivity contribution is 8.00. The van der Waals surface area contributed by atoms with Crippen molar-refractivity contribution in [3.8, 4) is 0 Å². The molecule has 6 heteroatoms. The third-order valence-electron chi connectivity index (χ3n) is 2.82. The van der Waals surface area contributed by atoms with Gasteiger partial charge in [0.25, 0.3) is 5.91 Å². The Balaban J connectivity index is 2.04. The number of rotatable bonds is 3. The SMILES string of the molecule is Nc1cc(F)cc(C(=O)NCC2CCCS2)c1F. The molecule has 98 valence electrons. The van der Waals surface area contributed by atoms with E-state index in [1.54, 1.807) is 11.8 Å². The van der Waals surface area contributed by atoms with Crippen LogP contribution in [-0.4, -0.2) is 23.5 Å². The fourth-order valence-electron chi connectivity index (χ4n) is 1.88. The molecule has 1 fully saturated rings. The summed E-state index contributed by atoms with van der Waals surface area (Å²) in [6, 6.07) is 1.72. The normalized spacial score (nSPS) is 18.9. The molecule has 0 radical (unpaired) electrons. The molecule has 3 nitrogen and oxygen atoms in total. The van der Waals surface area contributed by atoms with Crippen molar-refractivity contribution in [1.29, 1.82) is 0 Å². The molecule has 1 saturated heterocycles. The molecule has 1 heterocycles. The van der Waals surface area contributed by atoms with E-state index in [4.69, 9.17) is 5.73 Å². The number of carbonyl (C=O) groups is 1. The number of nitrogens with two attached hydrogens (primary N) is 1. The maximum Gasteiger partial charge on any atom is 0.254 e. The zero-order chi connectivity index (χ0) is 13.1. The predicted molar refractivity (Wildman–Crippen MR) is 68.6 cm³/mol. The summed E-state index contributed by atoms with van der Waals surface area (Å²) in [4.78, 5) is 11.7. The van der Waals surface area contributed by atoms with Crippen molar-refractivity contribution < 1.29 is 13.6 Å². The largest absolute Gasteiger partial charge is 0.396 e. The molecular formula is C12H14F2N2OS. The van der Waals surface area contributed by atoms with E-state index in [0.29, 0.717) is 11.8 Å². The van der Waals surface area contributed by atoms with E-state index in [0.717, 1.165) is 30.7 Å². The molecule has 1 atom stereocenters. The van der Waals surface area contributed by atoms with E-state index in [2.05, 4.69) is 5.32 Å². The summed E-state index contributed by atoms with van der Waals surface area (Å²) in [5, 5.41) is 2.98. The van der Waals surface area contributed by atoms with Crippen LogP contribution in [-0.2, 0) is 0 Å². The third kappa shape index (κ3) is 2.93. The van der Waals surface area contributed by atoms with Gasteiger partial charge in [-0.05, 0) is 30.7 Å². The highest BCUT2D eigenvalue weighted by Gasteiger charge is 2.19. The minimum atomic E-state index is -0.868. The number of thioether (sulfide) groups is 1. The topological polar surface area (TPSA) is 55.1 Å². The van der Waals surface area contributed by atoms with Crippen LogP contribution in [0.4, 0.5) is 14.5 Å². The van der Waals surface area contributed by atoms with Gasteiger partial charge < -0.3 is 11.1 Å². The molecule has 0 aliphatic carbocycles. The Morgan fingerprint density at radius 3 is 2.94 bits per heavy atom. The van der Waals surface area contributed by atoms with E-state index >= 15 is 0 Å². The Morgan fingerprint density at radius 2 is 2.28 bits per heavy atom. The summed E-state index contributed by atoms with van der Waals surface area (Å²) in [6.07, 6.45) is 2.17. The molecular weight excluding hydrogens is 258 g/mol. The van der Waals surface area contributed by atoms with Gasteiger partial charge in [0.05, 0.1) is 11.3 Å². The molecule has 1 unspecified atom stereocenters. The monoisotopic (exact) mass is 272 g/mol. The van der Waals surface area contributed by atoms with Crippen LogP contribution in [0.5, 0.6) is 0 Å². The predicted octanol–water partition coefficient (Wildman–Crippen LogP) is 2.17. The summed E-state index contributed by atoms with van der Waals surface area (Å²) >= 11 is 1.78. The number of nitrogens with one attached hydrogen (secondary N) is 1. The van der Waals surface area contributed by atoms with Crippen molar-refractivity contribution in [2.75, 3.05) is 18.0 Å². The Hall–Kier alpha value is -1.30. The first-order valence-corrected chi connectivity index (χ1v) is 6.77. The van der Waals surface area contributed by atoms with Crippen molar-refractivity contribution >= 4 is 23.4 Å². The lowest BCUT2D eigenvalue weighted by atomic mass is 10.1. The fourth-order valence-corrected chi connectivity index (χ4v) is 3.08. The van der Waals surface area contributed by atoms with Gasteiger partial charge in [0.15, 0.2) is 5.82 Å². The first-order valence-electron chi connectivity index (χ1n) is 5.72. The molecule has 18 heavy (non-hydrogen) atoms. The molecule has 0 spiro atoms. The molecule has 1 amide bonds. The summed E-state index contributed by atoms with van der Waals surface area (Å²) in [7, 11) is 0. The number of amides is 1. The smallest absolute Gasteiger partial charge is 0.254 e. The van der Waals surface area contributed by atoms with E-state index in [1.807, 2.05) is 0 Å². The van der Waals surface area contributed by atoms with Gasteiger partial charge in [0.2, 0.25) is 0 Å². The van der Waals surface area contributed by atoms with E-state index < -0.39 is 17.5 Å². The maximum atomic E-state index is 13.6. The third-order valence-corrected chi connectivity index (χ3v) is 4.22. The van der Waals surface area contributed by atoms with Crippen LogP contribution < -0.4 is 11.1 Å². The van der Waals surface area contributed by atoms with Crippen LogP contribution in [0.15, 0.2) is 12.1 Å². The molecule has 3 N–H and O–H groups in total. The van der Waals surface area contributed by atoms with Gasteiger partial charge in [-0.2, -0.15) is 11.8 Å². The molecule has 2 rings (SSSR count). The lowest BCUT2D eigenvalue weighted by molar-refractivity contribution is 0.0949. The molecule has 1 aliphatic heterocycles. The Bertz CT molecular complexity index is 462. The lowest BCUT2D eigenvalue weighted by Crippen LogP contribution is -2.30. The van der Waals surface area contributed by atoms with Crippen LogP contribution in [0.1, 0.15) is 23.2 Å². The van der Waals surface area contributed by atoms with E-state index in [1.165, 1.54) is 0 Å². The van der Waals surface area contributed by atoms with E-state index in [-0.39, 0.29) is 11.3 Å². The van der Waals surface area contributed by atoms with Crippen LogP contribution in [0.2, 0.25) is 0 Å². The molecule has 1 aromatic rings. The lowest BCUT2D eigenvalue weighted by Gasteiger charge is -2.11. The van der Waals surface area contributed by atoms with Gasteiger partial charge in [-0.1, -0.05) is 0 Å². The number of halogens is 2. The van der Waals surface area contributed by atoms with Crippen molar-refractivity contribution in [3.05, 3.63) is 29.3 Å². The quantitative estimate of drug-likeness (QED) is 0.829. The van der Waals surface area contributed by atoms with Gasteiger partial charge in [-0.15, -0.1) is 0 Å². The summed E-state index contributed by atoms with van der Waals surface area (Å²) in [5.74, 6) is -1.12. The first kappa shape index (κ1) is 13.1. The van der Waals surface area contributed by atoms with Gasteiger partial charge in [-0.25, -0.2) is 8.78 Å². The van der Waals surface area contributed by atoms with Gasteiger partial charge in [0, 0.05) is 11.8 Å². The number of nitrogen functional groups attached to an aromatic ring is 1. The zero-order valence-corrected chi connectivity index (χ0v) is 10.5.